The van der Waals surface area contributed by atoms with Crippen LogP contribution in [0.4, 0.5) is 10.1 Å². The van der Waals surface area contributed by atoms with Gasteiger partial charge < -0.3 is 10.4 Å². The van der Waals surface area contributed by atoms with E-state index in [9.17, 15) is 14.3 Å². The van der Waals surface area contributed by atoms with Crippen molar-refractivity contribution in [2.45, 2.75) is 23.1 Å². The zero-order valence-electron chi connectivity index (χ0n) is 10.4. The summed E-state index contributed by atoms with van der Waals surface area (Å²) in [6.07, 6.45) is 0.287. The quantitative estimate of drug-likeness (QED) is 0.828. The number of anilines is 1. The number of hydrogen-bond donors (Lipinski definition) is 2. The number of aliphatic hydroxyl groups is 1. The highest BCUT2D eigenvalue weighted by Gasteiger charge is 2.30. The molecule has 0 fully saturated rings. The summed E-state index contributed by atoms with van der Waals surface area (Å²) in [6.45, 7) is 1.82. The molecule has 3 rings (SSSR count). The summed E-state index contributed by atoms with van der Waals surface area (Å²) in [6, 6.07) is 4.39. The smallest absolute Gasteiger partial charge is 0.257 e. The molecule has 1 aromatic carbocycles. The predicted molar refractivity (Wildman–Crippen MR) is 70.9 cm³/mol. The highest BCUT2D eigenvalue weighted by molar-refractivity contribution is 7.99. The molecule has 0 saturated heterocycles. The lowest BCUT2D eigenvalue weighted by atomic mass is 10.1. The van der Waals surface area contributed by atoms with Crippen molar-refractivity contribution in [1.29, 1.82) is 0 Å². The number of benzene rings is 1. The molecule has 1 aromatic heterocycles. The van der Waals surface area contributed by atoms with Crippen LogP contribution in [-0.4, -0.2) is 21.0 Å². The minimum absolute atomic E-state index is 0.252. The first-order chi connectivity index (χ1) is 9.54. The predicted octanol–water partition coefficient (Wildman–Crippen LogP) is 2.06. The fraction of sp³-hybridized carbons (Fsp3) is 0.154. The summed E-state index contributed by atoms with van der Waals surface area (Å²) in [5.41, 5.74) is 1.45. The fourth-order valence-electron chi connectivity index (χ4n) is 1.90. The van der Waals surface area contributed by atoms with Crippen LogP contribution in [0.2, 0.25) is 0 Å². The maximum atomic E-state index is 14.0. The van der Waals surface area contributed by atoms with E-state index in [2.05, 4.69) is 15.3 Å². The SMILES string of the molecule is Cc1ccnc(Sc2cc3c(cc2F)C(O)C(=O)N3)n1. The maximum Gasteiger partial charge on any atom is 0.257 e. The Balaban J connectivity index is 1.96. The number of aromatic nitrogens is 2. The summed E-state index contributed by atoms with van der Waals surface area (Å²) in [5, 5.41) is 12.5. The Morgan fingerprint density at radius 2 is 2.25 bits per heavy atom. The van der Waals surface area contributed by atoms with E-state index in [1.54, 1.807) is 12.3 Å². The van der Waals surface area contributed by atoms with E-state index in [0.717, 1.165) is 23.5 Å². The average Bonchev–Trinajstić information content (AvgIpc) is 2.66. The standard InChI is InChI=1S/C13H10FN3O2S/c1-6-2-3-15-13(16-6)20-10-5-9-7(4-8(10)14)11(18)12(19)17-9/h2-5,11,18H,1H3,(H,17,19). The van der Waals surface area contributed by atoms with Crippen molar-refractivity contribution in [1.82, 2.24) is 9.97 Å². The van der Waals surface area contributed by atoms with Gasteiger partial charge in [-0.25, -0.2) is 14.4 Å². The monoisotopic (exact) mass is 291 g/mol. The molecule has 20 heavy (non-hydrogen) atoms. The van der Waals surface area contributed by atoms with Gasteiger partial charge in [-0.15, -0.1) is 0 Å². The molecule has 1 aliphatic heterocycles. The van der Waals surface area contributed by atoms with E-state index in [1.165, 1.54) is 6.07 Å². The lowest BCUT2D eigenvalue weighted by Gasteiger charge is -2.06. The minimum Gasteiger partial charge on any atom is -0.378 e. The van der Waals surface area contributed by atoms with Gasteiger partial charge >= 0.3 is 0 Å². The first kappa shape index (κ1) is 13.0. The first-order valence-corrected chi connectivity index (χ1v) is 6.66. The number of fused-ring (bicyclic) bond motifs is 1. The highest BCUT2D eigenvalue weighted by atomic mass is 32.2. The zero-order valence-corrected chi connectivity index (χ0v) is 11.2. The Hall–Kier alpha value is -1.99. The van der Waals surface area contributed by atoms with Gasteiger partial charge in [-0.05, 0) is 36.9 Å². The lowest BCUT2D eigenvalue weighted by Crippen LogP contribution is -2.10. The lowest BCUT2D eigenvalue weighted by molar-refractivity contribution is -0.123. The van der Waals surface area contributed by atoms with Crippen LogP contribution in [0, 0.1) is 12.7 Å². The Morgan fingerprint density at radius 3 is 3.00 bits per heavy atom. The Bertz CT molecular complexity index is 708. The van der Waals surface area contributed by atoms with Crippen LogP contribution in [0.15, 0.2) is 34.4 Å². The van der Waals surface area contributed by atoms with Crippen LogP contribution >= 0.6 is 11.8 Å². The van der Waals surface area contributed by atoms with Gasteiger partial charge in [0, 0.05) is 23.1 Å². The number of carbonyl (C=O) groups is 1. The van der Waals surface area contributed by atoms with Crippen LogP contribution < -0.4 is 5.32 Å². The largest absolute Gasteiger partial charge is 0.378 e. The third-order valence-corrected chi connectivity index (χ3v) is 3.79. The number of nitrogens with one attached hydrogen (secondary N) is 1. The summed E-state index contributed by atoms with van der Waals surface area (Å²) >= 11 is 1.07. The highest BCUT2D eigenvalue weighted by Crippen LogP contribution is 2.37. The Kier molecular flexibility index (Phi) is 3.15. The third kappa shape index (κ3) is 2.25. The van der Waals surface area contributed by atoms with Crippen LogP contribution in [0.3, 0.4) is 0 Å². The number of amides is 1. The van der Waals surface area contributed by atoms with Gasteiger partial charge in [-0.2, -0.15) is 0 Å². The van der Waals surface area contributed by atoms with Gasteiger partial charge in [0.25, 0.3) is 5.91 Å². The van der Waals surface area contributed by atoms with Gasteiger partial charge in [0.15, 0.2) is 11.3 Å². The van der Waals surface area contributed by atoms with Crippen LogP contribution in [0.25, 0.3) is 0 Å². The molecular weight excluding hydrogens is 281 g/mol. The molecule has 102 valence electrons. The van der Waals surface area contributed by atoms with Gasteiger partial charge in [0.05, 0.1) is 4.90 Å². The molecule has 0 spiro atoms. The molecule has 0 saturated carbocycles. The number of carbonyl (C=O) groups excluding carboxylic acids is 1. The van der Waals surface area contributed by atoms with E-state index in [1.807, 2.05) is 6.92 Å². The molecule has 0 aliphatic carbocycles. The van der Waals surface area contributed by atoms with Crippen molar-refractivity contribution < 1.29 is 14.3 Å². The second kappa shape index (κ2) is 4.84. The molecule has 0 bridgehead atoms. The minimum atomic E-state index is -1.31. The normalized spacial score (nSPS) is 16.9. The molecule has 1 atom stereocenters. The molecule has 1 unspecified atom stereocenters. The molecule has 2 aromatic rings. The third-order valence-electron chi connectivity index (χ3n) is 2.88. The molecular formula is C13H10FN3O2S. The summed E-state index contributed by atoms with van der Waals surface area (Å²) in [4.78, 5) is 19.9. The van der Waals surface area contributed by atoms with Crippen LogP contribution in [0.5, 0.6) is 0 Å². The molecule has 2 N–H and O–H groups in total. The number of hydrogen-bond acceptors (Lipinski definition) is 5. The number of aliphatic hydroxyl groups excluding tert-OH is 1. The van der Waals surface area contributed by atoms with E-state index < -0.39 is 17.8 Å². The van der Waals surface area contributed by atoms with Crippen molar-refractivity contribution in [3.05, 3.63) is 41.5 Å². The number of rotatable bonds is 2. The van der Waals surface area contributed by atoms with Crippen LogP contribution in [-0.2, 0) is 4.79 Å². The van der Waals surface area contributed by atoms with E-state index in [4.69, 9.17) is 0 Å². The molecule has 1 amide bonds. The van der Waals surface area contributed by atoms with E-state index in [0.29, 0.717) is 15.7 Å². The Labute approximate surface area is 118 Å². The summed E-state index contributed by atoms with van der Waals surface area (Å²) in [7, 11) is 0. The van der Waals surface area contributed by atoms with Crippen molar-refractivity contribution in [3.63, 3.8) is 0 Å². The Morgan fingerprint density at radius 1 is 1.45 bits per heavy atom. The van der Waals surface area contributed by atoms with Crippen molar-refractivity contribution in [2.75, 3.05) is 5.32 Å². The zero-order chi connectivity index (χ0) is 14.3. The molecule has 5 nitrogen and oxygen atoms in total. The van der Waals surface area contributed by atoms with Gasteiger partial charge in [0.1, 0.15) is 5.82 Å². The second-order valence-electron chi connectivity index (χ2n) is 4.34. The number of halogens is 1. The van der Waals surface area contributed by atoms with Crippen molar-refractivity contribution >= 4 is 23.4 Å². The van der Waals surface area contributed by atoms with Crippen molar-refractivity contribution in [3.8, 4) is 0 Å². The van der Waals surface area contributed by atoms with Crippen molar-refractivity contribution in [2.24, 2.45) is 0 Å². The van der Waals surface area contributed by atoms with E-state index in [-0.39, 0.29) is 5.56 Å². The fourth-order valence-corrected chi connectivity index (χ4v) is 2.73. The topological polar surface area (TPSA) is 75.1 Å². The van der Waals surface area contributed by atoms with Gasteiger partial charge in [0.2, 0.25) is 0 Å². The molecule has 7 heteroatoms. The maximum absolute atomic E-state index is 14.0. The summed E-state index contributed by atoms with van der Waals surface area (Å²) < 4.78 is 14.0. The molecule has 1 aliphatic rings. The summed E-state index contributed by atoms with van der Waals surface area (Å²) in [5.74, 6) is -1.07. The van der Waals surface area contributed by atoms with Gasteiger partial charge in [-0.3, -0.25) is 4.79 Å². The average molecular weight is 291 g/mol. The van der Waals surface area contributed by atoms with E-state index >= 15 is 0 Å². The molecule has 2 heterocycles. The van der Waals surface area contributed by atoms with Crippen LogP contribution in [0.1, 0.15) is 17.4 Å². The first-order valence-electron chi connectivity index (χ1n) is 5.84. The second-order valence-corrected chi connectivity index (χ2v) is 5.35. The number of aryl methyl sites for hydroxylation is 1. The molecule has 0 radical (unpaired) electrons. The number of nitrogens with zero attached hydrogens (tertiary/aromatic N) is 2. The van der Waals surface area contributed by atoms with Gasteiger partial charge in [-0.1, -0.05) is 0 Å².